The van der Waals surface area contributed by atoms with Crippen LogP contribution in [0.2, 0.25) is 0 Å². The van der Waals surface area contributed by atoms with E-state index in [-0.39, 0.29) is 0 Å². The second-order valence-electron chi connectivity index (χ2n) is 5.54. The van der Waals surface area contributed by atoms with Crippen molar-refractivity contribution in [1.29, 1.82) is 0 Å². The van der Waals surface area contributed by atoms with Crippen LogP contribution in [0.15, 0.2) is 41.3 Å². The Balaban J connectivity index is 1.57. The fourth-order valence-electron chi connectivity index (χ4n) is 2.51. The maximum atomic E-state index is 4.19. The van der Waals surface area contributed by atoms with Gasteiger partial charge in [0.1, 0.15) is 16.7 Å². The molecule has 2 heterocycles. The lowest BCUT2D eigenvalue weighted by Gasteiger charge is -2.34. The minimum Gasteiger partial charge on any atom is -0.369 e. The average Bonchev–Trinajstić information content (AvgIpc) is 2.54. The van der Waals surface area contributed by atoms with E-state index in [4.69, 9.17) is 0 Å². The van der Waals surface area contributed by atoms with E-state index < -0.39 is 0 Å². The number of nitrogens with zero attached hydrogens (tertiary/aromatic N) is 4. The van der Waals surface area contributed by atoms with Gasteiger partial charge in [-0.1, -0.05) is 12.1 Å². The summed E-state index contributed by atoms with van der Waals surface area (Å²) in [6, 6.07) is 10.6. The zero-order valence-electron chi connectivity index (χ0n) is 12.7. The lowest BCUT2D eigenvalue weighted by molar-refractivity contribution is 0.313. The summed E-state index contributed by atoms with van der Waals surface area (Å²) < 4.78 is 0.787. The van der Waals surface area contributed by atoms with Crippen molar-refractivity contribution >= 4 is 27.4 Å². The number of benzene rings is 1. The molecule has 1 aromatic carbocycles. The topological polar surface area (TPSA) is 44.3 Å². The highest BCUT2D eigenvalue weighted by atomic mass is 79.9. The van der Waals surface area contributed by atoms with Gasteiger partial charge in [0.05, 0.1) is 0 Å². The molecule has 1 N–H and O–H groups in total. The highest BCUT2D eigenvalue weighted by Gasteiger charge is 2.13. The molecule has 1 fully saturated rings. The summed E-state index contributed by atoms with van der Waals surface area (Å²) in [6.45, 7) is 5.22. The lowest BCUT2D eigenvalue weighted by atomic mass is 10.2. The van der Waals surface area contributed by atoms with E-state index in [9.17, 15) is 0 Å². The van der Waals surface area contributed by atoms with Crippen LogP contribution >= 0.6 is 15.9 Å². The zero-order valence-corrected chi connectivity index (χ0v) is 14.3. The van der Waals surface area contributed by atoms with Gasteiger partial charge in [-0.2, -0.15) is 0 Å². The van der Waals surface area contributed by atoms with Crippen LogP contribution in [0.25, 0.3) is 0 Å². The normalized spacial score (nSPS) is 15.8. The monoisotopic (exact) mass is 361 g/mol. The van der Waals surface area contributed by atoms with Crippen molar-refractivity contribution in [3.05, 3.63) is 46.8 Å². The van der Waals surface area contributed by atoms with Gasteiger partial charge in [-0.3, -0.25) is 0 Å². The van der Waals surface area contributed by atoms with Crippen LogP contribution in [0.5, 0.6) is 0 Å². The minimum absolute atomic E-state index is 0.756. The largest absolute Gasteiger partial charge is 0.369 e. The Morgan fingerprint density at radius 1 is 1.09 bits per heavy atom. The number of nitrogens with one attached hydrogen (secondary N) is 1. The summed E-state index contributed by atoms with van der Waals surface area (Å²) in [5.41, 5.74) is 2.55. The molecule has 0 amide bonds. The molecule has 0 saturated carbocycles. The summed E-state index contributed by atoms with van der Waals surface area (Å²) in [4.78, 5) is 13.0. The first kappa shape index (κ1) is 15.2. The maximum Gasteiger partial charge on any atom is 0.130 e. The van der Waals surface area contributed by atoms with E-state index in [1.807, 2.05) is 6.07 Å². The van der Waals surface area contributed by atoms with Crippen molar-refractivity contribution in [2.45, 2.75) is 6.54 Å². The standard InChI is InChI=1S/C16H20BrN5/c1-21-6-8-22(9-7-21)14-4-2-13(3-5-14)11-18-16-10-15(17)19-12-20-16/h2-5,10,12H,6-9,11H2,1H3,(H,18,19,20). The molecule has 0 atom stereocenters. The molecule has 1 aromatic heterocycles. The molecule has 3 rings (SSSR count). The molecule has 116 valence electrons. The van der Waals surface area contributed by atoms with Gasteiger partial charge in [0.2, 0.25) is 0 Å². The zero-order chi connectivity index (χ0) is 15.4. The fraction of sp³-hybridized carbons (Fsp3) is 0.375. The van der Waals surface area contributed by atoms with E-state index in [1.54, 1.807) is 6.33 Å². The van der Waals surface area contributed by atoms with Crippen molar-refractivity contribution in [2.75, 3.05) is 43.4 Å². The molecule has 0 aliphatic carbocycles. The molecule has 5 nitrogen and oxygen atoms in total. The molecule has 0 unspecified atom stereocenters. The summed E-state index contributed by atoms with van der Waals surface area (Å²) in [5.74, 6) is 0.824. The minimum atomic E-state index is 0.756. The molecule has 0 radical (unpaired) electrons. The molecule has 1 aliphatic rings. The van der Waals surface area contributed by atoms with Gasteiger partial charge in [-0.05, 0) is 40.7 Å². The molecule has 2 aromatic rings. The number of hydrogen-bond acceptors (Lipinski definition) is 5. The first-order valence-electron chi connectivity index (χ1n) is 7.44. The van der Waals surface area contributed by atoms with E-state index in [0.29, 0.717) is 0 Å². The molecule has 0 bridgehead atoms. The molecule has 1 saturated heterocycles. The van der Waals surface area contributed by atoms with Gasteiger partial charge >= 0.3 is 0 Å². The SMILES string of the molecule is CN1CCN(c2ccc(CNc3cc(Br)ncn3)cc2)CC1. The summed E-state index contributed by atoms with van der Waals surface area (Å²) in [5, 5.41) is 3.31. The number of halogens is 1. The fourth-order valence-corrected chi connectivity index (χ4v) is 2.82. The van der Waals surface area contributed by atoms with Crippen molar-refractivity contribution in [2.24, 2.45) is 0 Å². The smallest absolute Gasteiger partial charge is 0.130 e. The second-order valence-corrected chi connectivity index (χ2v) is 6.35. The molecular weight excluding hydrogens is 342 g/mol. The third-order valence-corrected chi connectivity index (χ3v) is 4.35. The molecular formula is C16H20BrN5. The number of piperazine rings is 1. The van der Waals surface area contributed by atoms with Gasteiger partial charge in [0.15, 0.2) is 0 Å². The van der Waals surface area contributed by atoms with E-state index in [1.165, 1.54) is 11.3 Å². The van der Waals surface area contributed by atoms with Crippen LogP contribution in [0, 0.1) is 0 Å². The van der Waals surface area contributed by atoms with Gasteiger partial charge in [-0.15, -0.1) is 0 Å². The van der Waals surface area contributed by atoms with Gasteiger partial charge in [0.25, 0.3) is 0 Å². The van der Waals surface area contributed by atoms with Gasteiger partial charge in [-0.25, -0.2) is 9.97 Å². The van der Waals surface area contributed by atoms with Crippen LogP contribution in [-0.2, 0) is 6.54 Å². The Bertz CT molecular complexity index is 608. The van der Waals surface area contributed by atoms with Crippen LogP contribution in [0.4, 0.5) is 11.5 Å². The third-order valence-electron chi connectivity index (χ3n) is 3.91. The van der Waals surface area contributed by atoms with Crippen LogP contribution in [0.1, 0.15) is 5.56 Å². The highest BCUT2D eigenvalue weighted by Crippen LogP contribution is 2.18. The van der Waals surface area contributed by atoms with E-state index in [2.05, 4.69) is 72.3 Å². The number of aromatic nitrogens is 2. The number of likely N-dealkylation sites (N-methyl/N-ethyl adjacent to an activating group) is 1. The molecule has 22 heavy (non-hydrogen) atoms. The van der Waals surface area contributed by atoms with E-state index in [0.717, 1.165) is 43.1 Å². The van der Waals surface area contributed by atoms with Crippen LogP contribution in [0.3, 0.4) is 0 Å². The lowest BCUT2D eigenvalue weighted by Crippen LogP contribution is -2.44. The Kier molecular flexibility index (Phi) is 4.90. The van der Waals surface area contributed by atoms with E-state index >= 15 is 0 Å². The first-order valence-corrected chi connectivity index (χ1v) is 8.24. The van der Waals surface area contributed by atoms with Crippen molar-refractivity contribution in [3.8, 4) is 0 Å². The highest BCUT2D eigenvalue weighted by molar-refractivity contribution is 9.10. The van der Waals surface area contributed by atoms with Crippen LogP contribution < -0.4 is 10.2 Å². The maximum absolute atomic E-state index is 4.19. The Morgan fingerprint density at radius 3 is 2.50 bits per heavy atom. The number of rotatable bonds is 4. The predicted molar refractivity (Wildman–Crippen MR) is 93.2 cm³/mol. The third kappa shape index (κ3) is 3.96. The molecule has 6 heteroatoms. The Morgan fingerprint density at radius 2 is 1.82 bits per heavy atom. The molecule has 1 aliphatic heterocycles. The Hall–Kier alpha value is -1.66. The first-order chi connectivity index (χ1) is 10.7. The summed E-state index contributed by atoms with van der Waals surface area (Å²) >= 11 is 3.35. The van der Waals surface area contributed by atoms with Crippen molar-refractivity contribution < 1.29 is 0 Å². The van der Waals surface area contributed by atoms with Crippen LogP contribution in [-0.4, -0.2) is 48.1 Å². The number of anilines is 2. The predicted octanol–water partition coefficient (Wildman–Crippen LogP) is 2.60. The number of hydrogen-bond donors (Lipinski definition) is 1. The Labute approximate surface area is 139 Å². The quantitative estimate of drug-likeness (QED) is 0.848. The molecule has 0 spiro atoms. The van der Waals surface area contributed by atoms with Crippen molar-refractivity contribution in [1.82, 2.24) is 14.9 Å². The van der Waals surface area contributed by atoms with Gasteiger partial charge < -0.3 is 15.1 Å². The average molecular weight is 362 g/mol. The van der Waals surface area contributed by atoms with Crippen molar-refractivity contribution in [3.63, 3.8) is 0 Å². The summed E-state index contributed by atoms with van der Waals surface area (Å²) in [7, 11) is 2.18. The summed E-state index contributed by atoms with van der Waals surface area (Å²) in [6.07, 6.45) is 1.54. The second kappa shape index (κ2) is 7.07. The van der Waals surface area contributed by atoms with Gasteiger partial charge in [0, 0.05) is 44.5 Å².